The second-order valence-corrected chi connectivity index (χ2v) is 7.23. The van der Waals surface area contributed by atoms with Gasteiger partial charge >= 0.3 is 0 Å². The van der Waals surface area contributed by atoms with Crippen LogP contribution in [0.1, 0.15) is 0 Å². The van der Waals surface area contributed by atoms with Gasteiger partial charge in [0.2, 0.25) is 0 Å². The van der Waals surface area contributed by atoms with E-state index in [9.17, 15) is 4.39 Å². The molecule has 5 aromatic heterocycles. The van der Waals surface area contributed by atoms with Crippen molar-refractivity contribution in [1.29, 1.82) is 0 Å². The molecular formula is C24H15FN6. The van der Waals surface area contributed by atoms with Crippen LogP contribution in [0.2, 0.25) is 0 Å². The van der Waals surface area contributed by atoms with Crippen molar-refractivity contribution < 1.29 is 4.39 Å². The normalized spacial score (nSPS) is 11.4. The first-order valence-electron chi connectivity index (χ1n) is 9.75. The van der Waals surface area contributed by atoms with Crippen LogP contribution in [0.25, 0.3) is 55.7 Å². The first-order valence-corrected chi connectivity index (χ1v) is 9.75. The van der Waals surface area contributed by atoms with Crippen molar-refractivity contribution in [2.75, 3.05) is 0 Å². The van der Waals surface area contributed by atoms with Gasteiger partial charge in [0.15, 0.2) is 0 Å². The van der Waals surface area contributed by atoms with Crippen molar-refractivity contribution in [2.45, 2.75) is 0 Å². The molecule has 0 amide bonds. The highest BCUT2D eigenvalue weighted by molar-refractivity contribution is 6.00. The predicted octanol–water partition coefficient (Wildman–Crippen LogP) is 5.37. The number of pyridine rings is 3. The summed E-state index contributed by atoms with van der Waals surface area (Å²) in [7, 11) is 0. The molecule has 0 spiro atoms. The highest BCUT2D eigenvalue weighted by Gasteiger charge is 2.15. The van der Waals surface area contributed by atoms with Crippen molar-refractivity contribution in [3.8, 4) is 33.9 Å². The van der Waals surface area contributed by atoms with Crippen LogP contribution in [0.15, 0.2) is 79.4 Å². The smallest absolute Gasteiger partial charge is 0.123 e. The van der Waals surface area contributed by atoms with Crippen molar-refractivity contribution in [3.05, 3.63) is 85.2 Å². The molecule has 0 radical (unpaired) electrons. The molecule has 6 rings (SSSR count). The average molecular weight is 406 g/mol. The molecular weight excluding hydrogens is 391 g/mol. The summed E-state index contributed by atoms with van der Waals surface area (Å²) >= 11 is 0. The van der Waals surface area contributed by atoms with Gasteiger partial charge in [0.1, 0.15) is 11.5 Å². The lowest BCUT2D eigenvalue weighted by atomic mass is 10.1. The highest BCUT2D eigenvalue weighted by Crippen LogP contribution is 2.33. The van der Waals surface area contributed by atoms with Crippen LogP contribution in [-0.2, 0) is 0 Å². The maximum Gasteiger partial charge on any atom is 0.123 e. The summed E-state index contributed by atoms with van der Waals surface area (Å²) in [6.45, 7) is 0. The third kappa shape index (κ3) is 2.95. The van der Waals surface area contributed by atoms with E-state index in [0.29, 0.717) is 0 Å². The molecule has 0 saturated carbocycles. The molecule has 7 heteroatoms. The molecule has 1 aromatic carbocycles. The quantitative estimate of drug-likeness (QED) is 0.414. The first kappa shape index (κ1) is 17.5. The van der Waals surface area contributed by atoms with E-state index in [-0.39, 0.29) is 5.82 Å². The van der Waals surface area contributed by atoms with Crippen LogP contribution in [0, 0.1) is 5.82 Å². The van der Waals surface area contributed by atoms with Gasteiger partial charge in [-0.25, -0.2) is 4.39 Å². The van der Waals surface area contributed by atoms with Crippen LogP contribution in [0.3, 0.4) is 0 Å². The van der Waals surface area contributed by atoms with Crippen molar-refractivity contribution in [1.82, 2.24) is 30.1 Å². The van der Waals surface area contributed by atoms with Crippen molar-refractivity contribution in [2.24, 2.45) is 0 Å². The lowest BCUT2D eigenvalue weighted by Gasteiger charge is -2.02. The van der Waals surface area contributed by atoms with E-state index in [0.717, 1.165) is 55.7 Å². The zero-order valence-corrected chi connectivity index (χ0v) is 16.2. The Kier molecular flexibility index (Phi) is 3.86. The van der Waals surface area contributed by atoms with E-state index in [4.69, 9.17) is 0 Å². The molecule has 31 heavy (non-hydrogen) atoms. The zero-order valence-electron chi connectivity index (χ0n) is 16.2. The van der Waals surface area contributed by atoms with Gasteiger partial charge in [-0.2, -0.15) is 5.10 Å². The number of hydrogen-bond acceptors (Lipinski definition) is 4. The third-order valence-electron chi connectivity index (χ3n) is 5.34. The van der Waals surface area contributed by atoms with E-state index in [1.165, 1.54) is 12.1 Å². The number of aromatic amines is 2. The number of rotatable bonds is 3. The second kappa shape index (κ2) is 6.84. The number of H-pyrrole nitrogens is 2. The summed E-state index contributed by atoms with van der Waals surface area (Å²) in [4.78, 5) is 16.6. The van der Waals surface area contributed by atoms with Gasteiger partial charge in [-0.05, 0) is 54.6 Å². The lowest BCUT2D eigenvalue weighted by molar-refractivity contribution is 0.628. The van der Waals surface area contributed by atoms with Gasteiger partial charge in [0.25, 0.3) is 0 Å². The number of halogens is 1. The maximum atomic E-state index is 13.4. The molecule has 6 nitrogen and oxygen atoms in total. The van der Waals surface area contributed by atoms with Crippen LogP contribution in [-0.4, -0.2) is 30.1 Å². The average Bonchev–Trinajstić information content (AvgIpc) is 3.43. The zero-order chi connectivity index (χ0) is 20.8. The van der Waals surface area contributed by atoms with Gasteiger partial charge in [-0.15, -0.1) is 0 Å². The third-order valence-corrected chi connectivity index (χ3v) is 5.34. The van der Waals surface area contributed by atoms with Crippen LogP contribution < -0.4 is 0 Å². The van der Waals surface area contributed by atoms with Gasteiger partial charge < -0.3 is 4.98 Å². The Labute approximate surface area is 175 Å². The Hall–Kier alpha value is -4.39. The monoisotopic (exact) mass is 406 g/mol. The van der Waals surface area contributed by atoms with Crippen LogP contribution >= 0.6 is 0 Å². The fraction of sp³-hybridized carbons (Fsp3) is 0. The molecule has 0 aliphatic rings. The topological polar surface area (TPSA) is 83.1 Å². The number of hydrogen-bond donors (Lipinski definition) is 2. The number of benzene rings is 1. The Morgan fingerprint density at radius 3 is 2.35 bits per heavy atom. The fourth-order valence-corrected chi connectivity index (χ4v) is 3.82. The lowest BCUT2D eigenvalue weighted by Crippen LogP contribution is -1.84. The minimum Gasteiger partial charge on any atom is -0.353 e. The maximum absolute atomic E-state index is 13.4. The Morgan fingerprint density at radius 2 is 1.52 bits per heavy atom. The molecule has 0 unspecified atom stereocenters. The molecule has 0 fully saturated rings. The van der Waals surface area contributed by atoms with E-state index >= 15 is 0 Å². The van der Waals surface area contributed by atoms with Crippen LogP contribution in [0.5, 0.6) is 0 Å². The van der Waals surface area contributed by atoms with E-state index < -0.39 is 0 Å². The molecule has 6 aromatic rings. The van der Waals surface area contributed by atoms with Gasteiger partial charge in [0, 0.05) is 46.0 Å². The van der Waals surface area contributed by atoms with Gasteiger partial charge in [0.05, 0.1) is 28.8 Å². The molecule has 0 aliphatic heterocycles. The molecule has 2 N–H and O–H groups in total. The molecule has 0 bridgehead atoms. The highest BCUT2D eigenvalue weighted by atomic mass is 19.1. The number of nitrogens with zero attached hydrogens (tertiary/aromatic N) is 4. The van der Waals surface area contributed by atoms with E-state index in [1.54, 1.807) is 36.9 Å². The van der Waals surface area contributed by atoms with Crippen LogP contribution in [0.4, 0.5) is 4.39 Å². The molecule has 0 saturated heterocycles. The number of fused-ring (bicyclic) bond motifs is 2. The van der Waals surface area contributed by atoms with E-state index in [2.05, 4.69) is 30.1 Å². The summed E-state index contributed by atoms with van der Waals surface area (Å²) in [5, 5.41) is 9.50. The summed E-state index contributed by atoms with van der Waals surface area (Å²) in [5.41, 5.74) is 6.93. The first-order chi connectivity index (χ1) is 15.3. The summed E-state index contributed by atoms with van der Waals surface area (Å²) in [6.07, 6.45) is 7.03. The standard InChI is InChI=1S/C24H15FN6/c25-16-3-1-15(2-4-16)23-17-12-21(29-19(17)7-10-27-23)24-18-11-20(14-5-8-26-9-6-14)28-13-22(18)30-31-24/h1-13,29H,(H,30,31). The van der Waals surface area contributed by atoms with Crippen molar-refractivity contribution >= 4 is 21.8 Å². The number of nitrogens with one attached hydrogen (secondary N) is 2. The molecule has 0 atom stereocenters. The summed E-state index contributed by atoms with van der Waals surface area (Å²) in [5.74, 6) is -0.271. The van der Waals surface area contributed by atoms with Gasteiger partial charge in [-0.1, -0.05) is 0 Å². The predicted molar refractivity (Wildman–Crippen MR) is 118 cm³/mol. The Bertz CT molecular complexity index is 1530. The number of aromatic nitrogens is 6. The SMILES string of the molecule is Fc1ccc(-c2nccc3[nH]c(-c4n[nH]c5cnc(-c6ccncc6)cc45)cc23)cc1. The summed E-state index contributed by atoms with van der Waals surface area (Å²) < 4.78 is 13.4. The molecule has 5 heterocycles. The molecule has 148 valence electrons. The fourth-order valence-electron chi connectivity index (χ4n) is 3.82. The Morgan fingerprint density at radius 1 is 0.710 bits per heavy atom. The molecule has 0 aliphatic carbocycles. The van der Waals surface area contributed by atoms with Gasteiger partial charge in [-0.3, -0.25) is 20.1 Å². The van der Waals surface area contributed by atoms with Crippen molar-refractivity contribution in [3.63, 3.8) is 0 Å². The minimum atomic E-state index is -0.271. The minimum absolute atomic E-state index is 0.271. The largest absolute Gasteiger partial charge is 0.353 e. The summed E-state index contributed by atoms with van der Waals surface area (Å²) in [6, 6.07) is 16.2. The second-order valence-electron chi connectivity index (χ2n) is 7.23. The Balaban J connectivity index is 1.51. The van der Waals surface area contributed by atoms with E-state index in [1.807, 2.05) is 30.3 Å².